The van der Waals surface area contributed by atoms with E-state index < -0.39 is 17.5 Å². The van der Waals surface area contributed by atoms with Gasteiger partial charge < -0.3 is 15.2 Å². The second-order valence-corrected chi connectivity index (χ2v) is 3.14. The zero-order valence-electron chi connectivity index (χ0n) is 8.09. The highest BCUT2D eigenvalue weighted by Gasteiger charge is 2.22. The van der Waals surface area contributed by atoms with Crippen molar-refractivity contribution in [1.29, 1.82) is 0 Å². The molecule has 5 nitrogen and oxygen atoms in total. The summed E-state index contributed by atoms with van der Waals surface area (Å²) >= 11 is 0. The van der Waals surface area contributed by atoms with Crippen LogP contribution in [0.15, 0.2) is 0 Å². The van der Waals surface area contributed by atoms with Crippen molar-refractivity contribution in [1.82, 2.24) is 5.32 Å². The third kappa shape index (κ3) is 5.19. The summed E-state index contributed by atoms with van der Waals surface area (Å²) in [6.07, 6.45) is 0.109. The number of esters is 1. The maximum absolute atomic E-state index is 11.0. The monoisotopic (exact) mass is 189 g/mol. The minimum absolute atomic E-state index is 0.109. The Morgan fingerprint density at radius 1 is 1.46 bits per heavy atom. The number of aliphatic hydroxyl groups is 1. The second kappa shape index (κ2) is 4.81. The van der Waals surface area contributed by atoms with Gasteiger partial charge in [-0.1, -0.05) is 0 Å². The maximum Gasteiger partial charge on any atom is 0.307 e. The minimum atomic E-state index is -1.41. The van der Waals surface area contributed by atoms with Gasteiger partial charge in [0.15, 0.2) is 0 Å². The Hall–Kier alpha value is -1.10. The molecule has 13 heavy (non-hydrogen) atoms. The Bertz CT molecular complexity index is 195. The predicted molar refractivity (Wildman–Crippen MR) is 45.9 cm³/mol. The number of hydrogen-bond donors (Lipinski definition) is 2. The van der Waals surface area contributed by atoms with Crippen LogP contribution in [0, 0.1) is 0 Å². The third-order valence-corrected chi connectivity index (χ3v) is 1.40. The van der Waals surface area contributed by atoms with Gasteiger partial charge in [-0.15, -0.1) is 0 Å². The fourth-order valence-electron chi connectivity index (χ4n) is 0.596. The number of carbonyl (C=O) groups is 2. The summed E-state index contributed by atoms with van der Waals surface area (Å²) in [5.41, 5.74) is -1.41. The molecule has 0 atom stereocenters. The van der Waals surface area contributed by atoms with Gasteiger partial charge in [0, 0.05) is 6.54 Å². The molecule has 0 spiro atoms. The van der Waals surface area contributed by atoms with Crippen molar-refractivity contribution in [2.24, 2.45) is 0 Å². The first kappa shape index (κ1) is 11.9. The molecule has 0 bridgehead atoms. The molecule has 0 radical (unpaired) electrons. The van der Waals surface area contributed by atoms with Gasteiger partial charge in [-0.05, 0) is 13.8 Å². The summed E-state index contributed by atoms with van der Waals surface area (Å²) in [5, 5.41) is 11.6. The molecule has 76 valence electrons. The minimum Gasteiger partial charge on any atom is -0.469 e. The van der Waals surface area contributed by atoms with E-state index in [1.54, 1.807) is 0 Å². The number of ether oxygens (including phenoxy) is 1. The second-order valence-electron chi connectivity index (χ2n) is 3.14. The molecule has 0 aliphatic carbocycles. The van der Waals surface area contributed by atoms with Gasteiger partial charge in [-0.2, -0.15) is 0 Å². The average Bonchev–Trinajstić information content (AvgIpc) is 2.02. The van der Waals surface area contributed by atoms with E-state index >= 15 is 0 Å². The summed E-state index contributed by atoms with van der Waals surface area (Å²) in [6.45, 7) is 2.93. The Kier molecular flexibility index (Phi) is 4.40. The number of rotatable bonds is 4. The van der Waals surface area contributed by atoms with Crippen molar-refractivity contribution in [2.45, 2.75) is 25.9 Å². The van der Waals surface area contributed by atoms with Crippen LogP contribution in [0.25, 0.3) is 0 Å². The van der Waals surface area contributed by atoms with E-state index in [-0.39, 0.29) is 13.0 Å². The number of amides is 1. The zero-order valence-corrected chi connectivity index (χ0v) is 8.09. The molecule has 0 fully saturated rings. The lowest BCUT2D eigenvalue weighted by Gasteiger charge is -2.15. The number of nitrogens with one attached hydrogen (secondary N) is 1. The number of hydrogen-bond acceptors (Lipinski definition) is 4. The third-order valence-electron chi connectivity index (χ3n) is 1.40. The van der Waals surface area contributed by atoms with E-state index in [2.05, 4.69) is 10.1 Å². The molecule has 2 N–H and O–H groups in total. The summed E-state index contributed by atoms with van der Waals surface area (Å²) in [7, 11) is 1.28. The molecule has 0 aromatic heterocycles. The number of methoxy groups -OCH3 is 1. The van der Waals surface area contributed by atoms with Crippen LogP contribution in [0.2, 0.25) is 0 Å². The van der Waals surface area contributed by atoms with Gasteiger partial charge in [-0.3, -0.25) is 9.59 Å². The molecule has 0 saturated carbocycles. The molecule has 5 heteroatoms. The Morgan fingerprint density at radius 2 is 2.00 bits per heavy atom. The summed E-state index contributed by atoms with van der Waals surface area (Å²) in [4.78, 5) is 21.6. The van der Waals surface area contributed by atoms with Crippen LogP contribution >= 0.6 is 0 Å². The lowest BCUT2D eigenvalue weighted by molar-refractivity contribution is -0.141. The Balaban J connectivity index is 3.67. The molecular formula is C8H15NO4. The van der Waals surface area contributed by atoms with Crippen LogP contribution in [-0.4, -0.2) is 36.2 Å². The molecular weight excluding hydrogens is 174 g/mol. The normalized spacial score (nSPS) is 10.8. The Labute approximate surface area is 77.1 Å². The molecule has 0 unspecified atom stereocenters. The van der Waals surface area contributed by atoms with E-state index in [1.165, 1.54) is 21.0 Å². The Morgan fingerprint density at radius 3 is 2.38 bits per heavy atom. The van der Waals surface area contributed by atoms with Crippen LogP contribution in [-0.2, 0) is 14.3 Å². The average molecular weight is 189 g/mol. The van der Waals surface area contributed by atoms with Crippen molar-refractivity contribution in [3.8, 4) is 0 Å². The van der Waals surface area contributed by atoms with Gasteiger partial charge >= 0.3 is 5.97 Å². The van der Waals surface area contributed by atoms with Gasteiger partial charge in [0.05, 0.1) is 13.5 Å². The zero-order chi connectivity index (χ0) is 10.5. The SMILES string of the molecule is COC(=O)CCNC(=O)C(C)(C)O. The van der Waals surface area contributed by atoms with E-state index in [9.17, 15) is 14.7 Å². The molecule has 0 rings (SSSR count). The molecule has 0 aromatic rings. The van der Waals surface area contributed by atoms with E-state index in [1.807, 2.05) is 0 Å². The lowest BCUT2D eigenvalue weighted by atomic mass is 10.1. The first-order valence-corrected chi connectivity index (χ1v) is 3.95. The standard InChI is InChI=1S/C8H15NO4/c1-8(2,12)7(11)9-5-4-6(10)13-3/h12H,4-5H2,1-3H3,(H,9,11). The number of carbonyl (C=O) groups excluding carboxylic acids is 2. The molecule has 0 aliphatic heterocycles. The highest BCUT2D eigenvalue weighted by molar-refractivity contribution is 5.84. The smallest absolute Gasteiger partial charge is 0.307 e. The van der Waals surface area contributed by atoms with E-state index in [0.29, 0.717) is 0 Å². The largest absolute Gasteiger partial charge is 0.469 e. The van der Waals surface area contributed by atoms with Gasteiger partial charge in [0.2, 0.25) is 0 Å². The highest BCUT2D eigenvalue weighted by Crippen LogP contribution is 1.99. The van der Waals surface area contributed by atoms with Crippen LogP contribution in [0.3, 0.4) is 0 Å². The van der Waals surface area contributed by atoms with E-state index in [4.69, 9.17) is 0 Å². The van der Waals surface area contributed by atoms with Crippen molar-refractivity contribution >= 4 is 11.9 Å². The highest BCUT2D eigenvalue weighted by atomic mass is 16.5. The van der Waals surface area contributed by atoms with Crippen molar-refractivity contribution < 1.29 is 19.4 Å². The molecule has 0 aromatic carbocycles. The van der Waals surface area contributed by atoms with E-state index in [0.717, 1.165) is 0 Å². The topological polar surface area (TPSA) is 75.6 Å². The maximum atomic E-state index is 11.0. The summed E-state index contributed by atoms with van der Waals surface area (Å²) in [5.74, 6) is -0.896. The fraction of sp³-hybridized carbons (Fsp3) is 0.750. The first-order valence-electron chi connectivity index (χ1n) is 3.95. The molecule has 0 heterocycles. The molecule has 0 saturated heterocycles. The van der Waals surface area contributed by atoms with Crippen LogP contribution in [0.1, 0.15) is 20.3 Å². The fourth-order valence-corrected chi connectivity index (χ4v) is 0.596. The van der Waals surface area contributed by atoms with Crippen molar-refractivity contribution in [3.63, 3.8) is 0 Å². The summed E-state index contributed by atoms with van der Waals surface area (Å²) in [6, 6.07) is 0. The quantitative estimate of drug-likeness (QED) is 0.581. The first-order chi connectivity index (χ1) is 5.88. The van der Waals surface area contributed by atoms with Crippen molar-refractivity contribution in [2.75, 3.05) is 13.7 Å². The molecule has 1 amide bonds. The van der Waals surface area contributed by atoms with Crippen LogP contribution in [0.5, 0.6) is 0 Å². The van der Waals surface area contributed by atoms with Gasteiger partial charge in [0.25, 0.3) is 5.91 Å². The van der Waals surface area contributed by atoms with Gasteiger partial charge in [-0.25, -0.2) is 0 Å². The van der Waals surface area contributed by atoms with Crippen LogP contribution in [0.4, 0.5) is 0 Å². The van der Waals surface area contributed by atoms with Gasteiger partial charge in [0.1, 0.15) is 5.60 Å². The predicted octanol–water partition coefficient (Wildman–Crippen LogP) is -0.563. The lowest BCUT2D eigenvalue weighted by Crippen LogP contribution is -2.42. The summed E-state index contributed by atoms with van der Waals surface area (Å²) < 4.78 is 4.36. The van der Waals surface area contributed by atoms with Crippen LogP contribution < -0.4 is 5.32 Å². The van der Waals surface area contributed by atoms with Crippen molar-refractivity contribution in [3.05, 3.63) is 0 Å². The molecule has 0 aliphatic rings.